The van der Waals surface area contributed by atoms with Crippen LogP contribution in [0.3, 0.4) is 0 Å². The van der Waals surface area contributed by atoms with Crippen LogP contribution < -0.4 is 10.1 Å². The Morgan fingerprint density at radius 3 is 2.85 bits per heavy atom. The van der Waals surface area contributed by atoms with Crippen LogP contribution in [0.2, 0.25) is 0 Å². The molecule has 0 saturated heterocycles. The van der Waals surface area contributed by atoms with Crippen LogP contribution in [0.15, 0.2) is 47.2 Å². The van der Waals surface area contributed by atoms with Crippen molar-refractivity contribution >= 4 is 21.8 Å². The topological polar surface area (TPSA) is 56.1 Å². The summed E-state index contributed by atoms with van der Waals surface area (Å²) in [5.74, 6) is 0.563. The average Bonchev–Trinajstić information content (AvgIpc) is 2.96. The largest absolute Gasteiger partial charge is 0.484 e. The summed E-state index contributed by atoms with van der Waals surface area (Å²) in [6.07, 6.45) is 4.48. The highest BCUT2D eigenvalue weighted by Crippen LogP contribution is 2.15. The van der Waals surface area contributed by atoms with E-state index in [0.29, 0.717) is 12.3 Å². The van der Waals surface area contributed by atoms with Crippen LogP contribution in [0.25, 0.3) is 0 Å². The van der Waals surface area contributed by atoms with Crippen molar-refractivity contribution in [2.24, 2.45) is 0 Å². The number of nitrogens with zero attached hydrogens (tertiary/aromatic N) is 2. The standard InChI is InChI=1S/C14H16BrN3O2/c15-12-3-5-13(6-4-12)20-11-14(19)16-7-1-9-18-10-2-8-17-18/h2-6,8,10H,1,7,9,11H2,(H,16,19). The van der Waals surface area contributed by atoms with E-state index < -0.39 is 0 Å². The lowest BCUT2D eigenvalue weighted by atomic mass is 10.3. The van der Waals surface area contributed by atoms with Crippen molar-refractivity contribution in [3.8, 4) is 5.75 Å². The molecule has 0 saturated carbocycles. The van der Waals surface area contributed by atoms with Crippen LogP contribution >= 0.6 is 15.9 Å². The van der Waals surface area contributed by atoms with Gasteiger partial charge in [-0.15, -0.1) is 0 Å². The van der Waals surface area contributed by atoms with Crippen LogP contribution in [0, 0.1) is 0 Å². The number of hydrogen-bond donors (Lipinski definition) is 1. The smallest absolute Gasteiger partial charge is 0.257 e. The molecule has 1 aromatic carbocycles. The average molecular weight is 338 g/mol. The monoisotopic (exact) mass is 337 g/mol. The van der Waals surface area contributed by atoms with Gasteiger partial charge in [0.25, 0.3) is 5.91 Å². The molecule has 0 atom stereocenters. The van der Waals surface area contributed by atoms with Gasteiger partial charge >= 0.3 is 0 Å². The third-order valence-electron chi connectivity index (χ3n) is 2.63. The second-order valence-electron chi connectivity index (χ2n) is 4.22. The van der Waals surface area contributed by atoms with Crippen LogP contribution in [0.5, 0.6) is 5.75 Å². The molecule has 5 nitrogen and oxygen atoms in total. The number of aromatic nitrogens is 2. The number of ether oxygens (including phenoxy) is 1. The Morgan fingerprint density at radius 1 is 1.35 bits per heavy atom. The van der Waals surface area contributed by atoms with Gasteiger partial charge in [-0.3, -0.25) is 9.48 Å². The van der Waals surface area contributed by atoms with Crippen molar-refractivity contribution in [3.63, 3.8) is 0 Å². The summed E-state index contributed by atoms with van der Waals surface area (Å²) in [6.45, 7) is 1.44. The van der Waals surface area contributed by atoms with E-state index in [-0.39, 0.29) is 12.5 Å². The van der Waals surface area contributed by atoms with E-state index in [9.17, 15) is 4.79 Å². The minimum Gasteiger partial charge on any atom is -0.484 e. The van der Waals surface area contributed by atoms with Crippen molar-refractivity contribution in [2.75, 3.05) is 13.2 Å². The molecule has 6 heteroatoms. The molecule has 0 aliphatic heterocycles. The van der Waals surface area contributed by atoms with Crippen molar-refractivity contribution in [3.05, 3.63) is 47.2 Å². The maximum atomic E-state index is 11.6. The lowest BCUT2D eigenvalue weighted by molar-refractivity contribution is -0.123. The first kappa shape index (κ1) is 14.6. The molecule has 106 valence electrons. The van der Waals surface area contributed by atoms with Gasteiger partial charge in [0.15, 0.2) is 6.61 Å². The number of halogens is 1. The summed E-state index contributed by atoms with van der Waals surface area (Å²) in [4.78, 5) is 11.6. The summed E-state index contributed by atoms with van der Waals surface area (Å²) >= 11 is 3.34. The number of amides is 1. The molecule has 0 radical (unpaired) electrons. The number of hydrogen-bond acceptors (Lipinski definition) is 3. The van der Waals surface area contributed by atoms with Gasteiger partial charge in [0.2, 0.25) is 0 Å². The molecule has 20 heavy (non-hydrogen) atoms. The van der Waals surface area contributed by atoms with Gasteiger partial charge in [-0.2, -0.15) is 5.10 Å². The van der Waals surface area contributed by atoms with E-state index in [4.69, 9.17) is 4.74 Å². The van der Waals surface area contributed by atoms with Crippen LogP contribution in [0.4, 0.5) is 0 Å². The van der Waals surface area contributed by atoms with Gasteiger partial charge < -0.3 is 10.1 Å². The van der Waals surface area contributed by atoms with E-state index in [1.807, 2.05) is 41.2 Å². The minimum absolute atomic E-state index is 0.0312. The van der Waals surface area contributed by atoms with E-state index in [1.165, 1.54) is 0 Å². The molecule has 0 unspecified atom stereocenters. The van der Waals surface area contributed by atoms with Gasteiger partial charge in [0.05, 0.1) is 0 Å². The Morgan fingerprint density at radius 2 is 2.15 bits per heavy atom. The highest BCUT2D eigenvalue weighted by molar-refractivity contribution is 9.10. The van der Waals surface area contributed by atoms with Gasteiger partial charge in [-0.25, -0.2) is 0 Å². The third-order valence-corrected chi connectivity index (χ3v) is 3.16. The molecule has 0 spiro atoms. The molecule has 0 fully saturated rings. The fourth-order valence-electron chi connectivity index (χ4n) is 1.63. The zero-order valence-electron chi connectivity index (χ0n) is 11.0. The summed E-state index contributed by atoms with van der Waals surface area (Å²) in [7, 11) is 0. The quantitative estimate of drug-likeness (QED) is 0.788. The van der Waals surface area contributed by atoms with Crippen LogP contribution in [-0.2, 0) is 11.3 Å². The van der Waals surface area contributed by atoms with E-state index >= 15 is 0 Å². The lowest BCUT2D eigenvalue weighted by Gasteiger charge is -2.07. The minimum atomic E-state index is -0.117. The number of benzene rings is 1. The number of aryl methyl sites for hydroxylation is 1. The molecule has 1 heterocycles. The van der Waals surface area contributed by atoms with Crippen molar-refractivity contribution in [1.82, 2.24) is 15.1 Å². The second-order valence-corrected chi connectivity index (χ2v) is 5.13. The molecule has 0 bridgehead atoms. The van der Waals surface area contributed by atoms with E-state index in [0.717, 1.165) is 17.4 Å². The summed E-state index contributed by atoms with van der Waals surface area (Å²) in [5.41, 5.74) is 0. The number of carbonyl (C=O) groups excluding carboxylic acids is 1. The molecule has 1 amide bonds. The first-order chi connectivity index (χ1) is 9.74. The molecular formula is C14H16BrN3O2. The second kappa shape index (κ2) is 7.69. The highest BCUT2D eigenvalue weighted by atomic mass is 79.9. The first-order valence-electron chi connectivity index (χ1n) is 6.36. The third kappa shape index (κ3) is 5.05. The van der Waals surface area contributed by atoms with E-state index in [2.05, 4.69) is 26.3 Å². The fourth-order valence-corrected chi connectivity index (χ4v) is 1.90. The molecule has 0 aliphatic carbocycles. The maximum Gasteiger partial charge on any atom is 0.257 e. The predicted octanol–water partition coefficient (Wildman–Crippen LogP) is 2.23. The Balaban J connectivity index is 1.59. The summed E-state index contributed by atoms with van der Waals surface area (Å²) < 4.78 is 8.19. The van der Waals surface area contributed by atoms with Crippen LogP contribution in [-0.4, -0.2) is 28.8 Å². The SMILES string of the molecule is O=C(COc1ccc(Br)cc1)NCCCn1cccn1. The Labute approximate surface area is 126 Å². The Kier molecular flexibility index (Phi) is 5.61. The maximum absolute atomic E-state index is 11.6. The van der Waals surface area contributed by atoms with Crippen molar-refractivity contribution < 1.29 is 9.53 Å². The summed E-state index contributed by atoms with van der Waals surface area (Å²) in [5, 5.41) is 6.90. The zero-order chi connectivity index (χ0) is 14.2. The number of carbonyl (C=O) groups is 1. The zero-order valence-corrected chi connectivity index (χ0v) is 12.5. The fraction of sp³-hybridized carbons (Fsp3) is 0.286. The lowest BCUT2D eigenvalue weighted by Crippen LogP contribution is -2.30. The number of rotatable bonds is 7. The molecule has 2 aromatic rings. The van der Waals surface area contributed by atoms with Crippen LogP contribution in [0.1, 0.15) is 6.42 Å². The molecule has 1 N–H and O–H groups in total. The Hall–Kier alpha value is -1.82. The van der Waals surface area contributed by atoms with Gasteiger partial charge in [0.1, 0.15) is 5.75 Å². The number of nitrogens with one attached hydrogen (secondary N) is 1. The molecule has 1 aromatic heterocycles. The molecule has 0 aliphatic rings. The van der Waals surface area contributed by atoms with Gasteiger partial charge in [0, 0.05) is 30.0 Å². The van der Waals surface area contributed by atoms with Crippen molar-refractivity contribution in [1.29, 1.82) is 0 Å². The molecule has 2 rings (SSSR count). The summed E-state index contributed by atoms with van der Waals surface area (Å²) in [6, 6.07) is 9.25. The van der Waals surface area contributed by atoms with Gasteiger partial charge in [-0.1, -0.05) is 15.9 Å². The predicted molar refractivity (Wildman–Crippen MR) is 79.5 cm³/mol. The molecular weight excluding hydrogens is 322 g/mol. The van der Waals surface area contributed by atoms with Crippen molar-refractivity contribution in [2.45, 2.75) is 13.0 Å². The van der Waals surface area contributed by atoms with Gasteiger partial charge in [-0.05, 0) is 36.8 Å². The highest BCUT2D eigenvalue weighted by Gasteiger charge is 2.02. The first-order valence-corrected chi connectivity index (χ1v) is 7.16. The van der Waals surface area contributed by atoms with E-state index in [1.54, 1.807) is 6.20 Å². The normalized spacial score (nSPS) is 10.2. The Bertz CT molecular complexity index is 526.